The second-order valence-electron chi connectivity index (χ2n) is 5.18. The van der Waals surface area contributed by atoms with Crippen molar-refractivity contribution in [3.05, 3.63) is 66.0 Å². The van der Waals surface area contributed by atoms with E-state index >= 15 is 0 Å². The molecule has 2 nitrogen and oxygen atoms in total. The third-order valence-electron chi connectivity index (χ3n) is 3.84. The van der Waals surface area contributed by atoms with Gasteiger partial charge in [0.05, 0.1) is 0 Å². The van der Waals surface area contributed by atoms with Crippen molar-refractivity contribution in [2.75, 3.05) is 0 Å². The van der Waals surface area contributed by atoms with Crippen molar-refractivity contribution in [2.45, 2.75) is 25.2 Å². The van der Waals surface area contributed by atoms with Gasteiger partial charge in [-0.05, 0) is 42.0 Å². The summed E-state index contributed by atoms with van der Waals surface area (Å²) in [6, 6.07) is 14.3. The van der Waals surface area contributed by atoms with E-state index in [0.29, 0.717) is 18.1 Å². The van der Waals surface area contributed by atoms with Crippen LogP contribution < -0.4 is 0 Å². The number of carbonyl (C=O) groups excluding carboxylic acids is 1. The van der Waals surface area contributed by atoms with Gasteiger partial charge in [0.1, 0.15) is 5.78 Å². The zero-order valence-electron chi connectivity index (χ0n) is 10.8. The molecule has 1 aliphatic rings. The van der Waals surface area contributed by atoms with Crippen molar-refractivity contribution in [1.29, 1.82) is 0 Å². The molecule has 2 unspecified atom stereocenters. The third kappa shape index (κ3) is 2.90. The summed E-state index contributed by atoms with van der Waals surface area (Å²) in [5.74, 6) is 1.13. The van der Waals surface area contributed by atoms with E-state index in [0.717, 1.165) is 12.8 Å². The fourth-order valence-corrected chi connectivity index (χ4v) is 2.62. The predicted octanol–water partition coefficient (Wildman–Crippen LogP) is 3.39. The first-order chi connectivity index (χ1) is 9.34. The van der Waals surface area contributed by atoms with Crippen molar-refractivity contribution in [1.82, 2.24) is 4.98 Å². The molecule has 1 aliphatic carbocycles. The monoisotopic (exact) mass is 251 g/mol. The second kappa shape index (κ2) is 5.35. The molecule has 2 aromatic rings. The van der Waals surface area contributed by atoms with Crippen LogP contribution in [0.2, 0.25) is 0 Å². The number of benzene rings is 1. The second-order valence-corrected chi connectivity index (χ2v) is 5.18. The van der Waals surface area contributed by atoms with E-state index in [2.05, 4.69) is 17.1 Å². The number of nitrogens with zero attached hydrogens (tertiary/aromatic N) is 1. The Hall–Kier alpha value is -1.96. The lowest BCUT2D eigenvalue weighted by Crippen LogP contribution is -2.04. The fraction of sp³-hybridized carbons (Fsp3) is 0.294. The number of aryl methyl sites for hydroxylation is 1. The van der Waals surface area contributed by atoms with Crippen molar-refractivity contribution in [3.63, 3.8) is 0 Å². The van der Waals surface area contributed by atoms with E-state index < -0.39 is 0 Å². The number of pyridine rings is 1. The van der Waals surface area contributed by atoms with Gasteiger partial charge in [-0.15, -0.1) is 0 Å². The van der Waals surface area contributed by atoms with Gasteiger partial charge >= 0.3 is 0 Å². The normalized spacial score (nSPS) is 21.1. The smallest absolute Gasteiger partial charge is 0.136 e. The van der Waals surface area contributed by atoms with Crippen LogP contribution in [0.4, 0.5) is 0 Å². The van der Waals surface area contributed by atoms with E-state index in [9.17, 15) is 4.79 Å². The number of hydrogen-bond acceptors (Lipinski definition) is 2. The molecule has 0 aliphatic heterocycles. The molecule has 96 valence electrons. The van der Waals surface area contributed by atoms with Gasteiger partial charge in [-0.25, -0.2) is 0 Å². The van der Waals surface area contributed by atoms with Gasteiger partial charge < -0.3 is 0 Å². The number of carbonyl (C=O) groups is 1. The van der Waals surface area contributed by atoms with E-state index in [1.54, 1.807) is 12.4 Å². The lowest BCUT2D eigenvalue weighted by atomic mass is 10.0. The van der Waals surface area contributed by atoms with Crippen LogP contribution in [0.1, 0.15) is 29.9 Å². The zero-order chi connectivity index (χ0) is 13.1. The summed E-state index contributed by atoms with van der Waals surface area (Å²) in [6.07, 6.45) is 6.07. The Morgan fingerprint density at radius 1 is 1.11 bits per heavy atom. The van der Waals surface area contributed by atoms with E-state index in [4.69, 9.17) is 0 Å². The van der Waals surface area contributed by atoms with Crippen LogP contribution in [0.25, 0.3) is 0 Å². The molecule has 0 radical (unpaired) electrons. The highest BCUT2D eigenvalue weighted by Gasteiger charge is 2.42. The molecule has 0 N–H and O–H groups in total. The van der Waals surface area contributed by atoms with E-state index in [1.807, 2.05) is 30.3 Å². The molecule has 1 fully saturated rings. The Labute approximate surface area is 113 Å². The number of aromatic nitrogens is 1. The van der Waals surface area contributed by atoms with Crippen LogP contribution in [0.3, 0.4) is 0 Å². The summed E-state index contributed by atoms with van der Waals surface area (Å²) in [5.41, 5.74) is 2.50. The van der Waals surface area contributed by atoms with Gasteiger partial charge in [0, 0.05) is 24.7 Å². The van der Waals surface area contributed by atoms with Crippen LogP contribution in [-0.4, -0.2) is 10.8 Å². The molecule has 1 saturated carbocycles. The van der Waals surface area contributed by atoms with Crippen LogP contribution >= 0.6 is 0 Å². The van der Waals surface area contributed by atoms with Crippen molar-refractivity contribution in [2.24, 2.45) is 5.92 Å². The van der Waals surface area contributed by atoms with E-state index in [1.165, 1.54) is 11.1 Å². The van der Waals surface area contributed by atoms with Gasteiger partial charge in [0.15, 0.2) is 0 Å². The largest absolute Gasteiger partial charge is 0.299 e. The first-order valence-electron chi connectivity index (χ1n) is 6.81. The molecule has 3 rings (SSSR count). The summed E-state index contributed by atoms with van der Waals surface area (Å²) >= 11 is 0. The van der Waals surface area contributed by atoms with Gasteiger partial charge in [0.25, 0.3) is 0 Å². The molecule has 0 spiro atoms. The molecule has 0 bridgehead atoms. The predicted molar refractivity (Wildman–Crippen MR) is 74.9 cm³/mol. The van der Waals surface area contributed by atoms with Crippen LogP contribution in [-0.2, 0) is 11.2 Å². The van der Waals surface area contributed by atoms with Crippen molar-refractivity contribution in [3.8, 4) is 0 Å². The topological polar surface area (TPSA) is 30.0 Å². The molecular weight excluding hydrogens is 234 g/mol. The van der Waals surface area contributed by atoms with Crippen LogP contribution in [0, 0.1) is 5.92 Å². The SMILES string of the molecule is O=C(CCc1ccncc1)C1CC1c1ccccc1. The van der Waals surface area contributed by atoms with Gasteiger partial charge in [-0.2, -0.15) is 0 Å². The number of Topliss-reactive ketones (excluding diaryl/α,β-unsaturated/α-hetero) is 1. The van der Waals surface area contributed by atoms with Gasteiger partial charge in [0.2, 0.25) is 0 Å². The zero-order valence-corrected chi connectivity index (χ0v) is 10.8. The molecule has 0 saturated heterocycles. The van der Waals surface area contributed by atoms with Crippen LogP contribution in [0.5, 0.6) is 0 Å². The highest BCUT2D eigenvalue weighted by Crippen LogP contribution is 2.48. The molecular formula is C17H17NO. The quantitative estimate of drug-likeness (QED) is 0.815. The number of rotatable bonds is 5. The Balaban J connectivity index is 1.53. The standard InChI is InChI=1S/C17H17NO/c19-17(7-6-13-8-10-18-11-9-13)16-12-15(16)14-4-2-1-3-5-14/h1-5,8-11,15-16H,6-7,12H2. The Kier molecular flexibility index (Phi) is 3.41. The summed E-state index contributed by atoms with van der Waals surface area (Å²) < 4.78 is 0. The first kappa shape index (κ1) is 12.1. The average Bonchev–Trinajstić information content (AvgIpc) is 3.27. The molecule has 2 heteroatoms. The molecule has 19 heavy (non-hydrogen) atoms. The van der Waals surface area contributed by atoms with E-state index in [-0.39, 0.29) is 5.92 Å². The number of ketones is 1. The summed E-state index contributed by atoms with van der Waals surface area (Å²) in [5, 5.41) is 0. The minimum atomic E-state index is 0.254. The minimum Gasteiger partial charge on any atom is -0.299 e. The molecule has 1 aromatic carbocycles. The minimum absolute atomic E-state index is 0.254. The number of hydrogen-bond donors (Lipinski definition) is 0. The van der Waals surface area contributed by atoms with Gasteiger partial charge in [-0.1, -0.05) is 30.3 Å². The summed E-state index contributed by atoms with van der Waals surface area (Å²) in [7, 11) is 0. The summed E-state index contributed by atoms with van der Waals surface area (Å²) in [6.45, 7) is 0. The highest BCUT2D eigenvalue weighted by molar-refractivity contribution is 5.85. The fourth-order valence-electron chi connectivity index (χ4n) is 2.62. The maximum atomic E-state index is 12.1. The summed E-state index contributed by atoms with van der Waals surface area (Å²) in [4.78, 5) is 16.1. The highest BCUT2D eigenvalue weighted by atomic mass is 16.1. The van der Waals surface area contributed by atoms with Gasteiger partial charge in [-0.3, -0.25) is 9.78 Å². The van der Waals surface area contributed by atoms with Crippen molar-refractivity contribution < 1.29 is 4.79 Å². The lowest BCUT2D eigenvalue weighted by molar-refractivity contribution is -0.120. The molecule has 1 heterocycles. The Morgan fingerprint density at radius 2 is 1.84 bits per heavy atom. The molecule has 1 aromatic heterocycles. The maximum absolute atomic E-state index is 12.1. The molecule has 2 atom stereocenters. The third-order valence-corrected chi connectivity index (χ3v) is 3.84. The molecule has 0 amide bonds. The lowest BCUT2D eigenvalue weighted by Gasteiger charge is -2.01. The van der Waals surface area contributed by atoms with Crippen LogP contribution in [0.15, 0.2) is 54.9 Å². The Morgan fingerprint density at radius 3 is 2.58 bits per heavy atom. The first-order valence-corrected chi connectivity index (χ1v) is 6.81. The Bertz CT molecular complexity index is 550. The maximum Gasteiger partial charge on any atom is 0.136 e. The average molecular weight is 251 g/mol. The van der Waals surface area contributed by atoms with Crippen molar-refractivity contribution >= 4 is 5.78 Å².